The number of rotatable bonds is 1. The molecule has 4 heteroatoms. The lowest BCUT2D eigenvalue weighted by Crippen LogP contribution is -1.90. The van der Waals surface area contributed by atoms with Crippen molar-refractivity contribution in [2.75, 3.05) is 0 Å². The average Bonchev–Trinajstić information content (AvgIpc) is 2.01. The van der Waals surface area contributed by atoms with Gasteiger partial charge in [0.15, 0.2) is 0 Å². The molecule has 2 nitrogen and oxygen atoms in total. The van der Waals surface area contributed by atoms with E-state index in [2.05, 4.69) is 0 Å². The van der Waals surface area contributed by atoms with E-state index in [9.17, 15) is 5.11 Å². The minimum absolute atomic E-state index is 0.0437. The first-order chi connectivity index (χ1) is 5.57. The molecule has 2 N–H and O–H groups in total. The van der Waals surface area contributed by atoms with Gasteiger partial charge in [0.25, 0.3) is 0 Å². The molecule has 0 aliphatic heterocycles. The van der Waals surface area contributed by atoms with E-state index in [-0.39, 0.29) is 17.4 Å². The summed E-state index contributed by atoms with van der Waals surface area (Å²) in [5.74, 6) is 0.0437. The molecule has 0 bridgehead atoms. The molecule has 0 amide bonds. The molecule has 66 valence electrons. The number of aliphatic hydroxyl groups excluding tert-OH is 1. The molecule has 12 heavy (non-hydrogen) atoms. The summed E-state index contributed by atoms with van der Waals surface area (Å²) in [5, 5.41) is 18.7. The van der Waals surface area contributed by atoms with Crippen LogP contribution in [0.2, 0.25) is 10.0 Å². The average molecular weight is 207 g/mol. The van der Waals surface area contributed by atoms with Gasteiger partial charge in [-0.1, -0.05) is 23.2 Å². The summed E-state index contributed by atoms with van der Waals surface area (Å²) in [6, 6.07) is 1.37. The van der Waals surface area contributed by atoms with Gasteiger partial charge in [0.05, 0.1) is 16.7 Å². The summed E-state index contributed by atoms with van der Waals surface area (Å²) in [6.07, 6.45) is 0. The van der Waals surface area contributed by atoms with E-state index in [1.54, 1.807) is 6.92 Å². The lowest BCUT2D eigenvalue weighted by Gasteiger charge is -2.08. The first kappa shape index (κ1) is 9.65. The van der Waals surface area contributed by atoms with E-state index in [4.69, 9.17) is 28.3 Å². The molecule has 0 atom stereocenters. The van der Waals surface area contributed by atoms with Crippen molar-refractivity contribution in [2.24, 2.45) is 0 Å². The first-order valence-corrected chi connectivity index (χ1v) is 4.10. The third-order valence-corrected chi connectivity index (χ3v) is 2.54. The Bertz CT molecular complexity index is 310. The predicted molar refractivity (Wildman–Crippen MR) is 48.8 cm³/mol. The van der Waals surface area contributed by atoms with E-state index < -0.39 is 0 Å². The van der Waals surface area contributed by atoms with Crippen LogP contribution in [0, 0.1) is 6.92 Å². The molecule has 1 rings (SSSR count). The fourth-order valence-corrected chi connectivity index (χ4v) is 1.47. The number of benzene rings is 1. The molecule has 0 unspecified atom stereocenters. The molecule has 0 saturated carbocycles. The molecule has 1 aromatic carbocycles. The van der Waals surface area contributed by atoms with Crippen LogP contribution in [0.3, 0.4) is 0 Å². The zero-order valence-corrected chi connectivity index (χ0v) is 7.95. The van der Waals surface area contributed by atoms with Crippen molar-refractivity contribution >= 4 is 23.2 Å². The molecule has 0 radical (unpaired) electrons. The summed E-state index contributed by atoms with van der Waals surface area (Å²) < 4.78 is 0. The highest BCUT2D eigenvalue weighted by Crippen LogP contribution is 2.33. The van der Waals surface area contributed by atoms with Crippen LogP contribution in [0.15, 0.2) is 6.07 Å². The van der Waals surface area contributed by atoms with Gasteiger partial charge in [-0.05, 0) is 13.0 Å². The quantitative estimate of drug-likeness (QED) is 0.742. The molecule has 1 aromatic rings. The number of halogens is 2. The summed E-state index contributed by atoms with van der Waals surface area (Å²) in [4.78, 5) is 0. The Labute approximate surface area is 80.4 Å². The van der Waals surface area contributed by atoms with Crippen molar-refractivity contribution < 1.29 is 10.2 Å². The van der Waals surface area contributed by atoms with E-state index in [0.717, 1.165) is 0 Å². The fraction of sp³-hybridized carbons (Fsp3) is 0.250. The minimum Gasteiger partial charge on any atom is -0.508 e. The second-order valence-electron chi connectivity index (χ2n) is 2.45. The van der Waals surface area contributed by atoms with E-state index in [1.165, 1.54) is 6.07 Å². The van der Waals surface area contributed by atoms with Crippen molar-refractivity contribution in [1.29, 1.82) is 0 Å². The number of hydrogen-bond acceptors (Lipinski definition) is 2. The third kappa shape index (κ3) is 1.51. The van der Waals surface area contributed by atoms with Crippen LogP contribution in [0.4, 0.5) is 0 Å². The smallest absolute Gasteiger partial charge is 0.121 e. The summed E-state index contributed by atoms with van der Waals surface area (Å²) in [6.45, 7) is 1.44. The normalized spacial score (nSPS) is 10.3. The molecular weight excluding hydrogens is 199 g/mol. The van der Waals surface area contributed by atoms with E-state index in [1.807, 2.05) is 0 Å². The number of hydrogen-bond donors (Lipinski definition) is 2. The topological polar surface area (TPSA) is 40.5 Å². The molecule has 0 heterocycles. The molecule has 0 spiro atoms. The zero-order valence-electron chi connectivity index (χ0n) is 6.43. The Morgan fingerprint density at radius 3 is 2.50 bits per heavy atom. The highest BCUT2D eigenvalue weighted by atomic mass is 35.5. The number of phenols is 1. The third-order valence-electron chi connectivity index (χ3n) is 1.69. The SMILES string of the molecule is Cc1c(O)cc(Cl)c(CO)c1Cl. The molecule has 0 aliphatic rings. The van der Waals surface area contributed by atoms with Crippen molar-refractivity contribution in [3.05, 3.63) is 27.2 Å². The van der Waals surface area contributed by atoms with Gasteiger partial charge in [0.1, 0.15) is 5.75 Å². The zero-order chi connectivity index (χ0) is 9.30. The minimum atomic E-state index is -0.223. The van der Waals surface area contributed by atoms with Crippen molar-refractivity contribution in [1.82, 2.24) is 0 Å². The van der Waals surface area contributed by atoms with Gasteiger partial charge < -0.3 is 10.2 Å². The van der Waals surface area contributed by atoms with E-state index in [0.29, 0.717) is 16.1 Å². The number of phenolic OH excluding ortho intramolecular Hbond substituents is 1. The van der Waals surface area contributed by atoms with Crippen LogP contribution < -0.4 is 0 Å². The molecular formula is C8H8Cl2O2. The van der Waals surface area contributed by atoms with Crippen LogP contribution in [0.5, 0.6) is 5.75 Å². The van der Waals surface area contributed by atoms with Crippen LogP contribution in [0.1, 0.15) is 11.1 Å². The molecule has 0 aliphatic carbocycles. The molecule has 0 saturated heterocycles. The number of aromatic hydroxyl groups is 1. The molecule has 0 fully saturated rings. The lowest BCUT2D eigenvalue weighted by molar-refractivity contribution is 0.282. The second-order valence-corrected chi connectivity index (χ2v) is 3.24. The largest absolute Gasteiger partial charge is 0.508 e. The van der Waals surface area contributed by atoms with Crippen LogP contribution >= 0.6 is 23.2 Å². The Kier molecular flexibility index (Phi) is 2.83. The summed E-state index contributed by atoms with van der Waals surface area (Å²) >= 11 is 11.5. The van der Waals surface area contributed by atoms with Gasteiger partial charge in [-0.15, -0.1) is 0 Å². The van der Waals surface area contributed by atoms with E-state index >= 15 is 0 Å². The maximum atomic E-state index is 9.25. The van der Waals surface area contributed by atoms with Crippen LogP contribution in [-0.2, 0) is 6.61 Å². The Balaban J connectivity index is 3.40. The van der Waals surface area contributed by atoms with Crippen molar-refractivity contribution in [2.45, 2.75) is 13.5 Å². The second kappa shape index (κ2) is 3.52. The monoisotopic (exact) mass is 206 g/mol. The van der Waals surface area contributed by atoms with Crippen molar-refractivity contribution in [3.63, 3.8) is 0 Å². The Morgan fingerprint density at radius 1 is 1.42 bits per heavy atom. The fourth-order valence-electron chi connectivity index (χ4n) is 0.904. The van der Waals surface area contributed by atoms with Crippen molar-refractivity contribution in [3.8, 4) is 5.75 Å². The summed E-state index contributed by atoms with van der Waals surface area (Å²) in [5.41, 5.74) is 0.985. The van der Waals surface area contributed by atoms with Gasteiger partial charge in [-0.2, -0.15) is 0 Å². The lowest BCUT2D eigenvalue weighted by atomic mass is 10.1. The van der Waals surface area contributed by atoms with Gasteiger partial charge in [-0.25, -0.2) is 0 Å². The highest BCUT2D eigenvalue weighted by molar-refractivity contribution is 6.36. The Hall–Kier alpha value is -0.440. The molecule has 0 aromatic heterocycles. The Morgan fingerprint density at radius 2 is 2.00 bits per heavy atom. The van der Waals surface area contributed by atoms with Gasteiger partial charge in [-0.3, -0.25) is 0 Å². The highest BCUT2D eigenvalue weighted by Gasteiger charge is 2.11. The standard InChI is InChI=1S/C8H8Cl2O2/c1-4-7(12)2-6(9)5(3-11)8(4)10/h2,11-12H,3H2,1H3. The maximum Gasteiger partial charge on any atom is 0.121 e. The predicted octanol–water partition coefficient (Wildman–Crippen LogP) is 2.50. The van der Waals surface area contributed by atoms with Crippen LogP contribution in [-0.4, -0.2) is 10.2 Å². The first-order valence-electron chi connectivity index (χ1n) is 3.35. The maximum absolute atomic E-state index is 9.25. The number of aliphatic hydroxyl groups is 1. The van der Waals surface area contributed by atoms with Gasteiger partial charge in [0, 0.05) is 11.1 Å². The summed E-state index contributed by atoms with van der Waals surface area (Å²) in [7, 11) is 0. The van der Waals surface area contributed by atoms with Gasteiger partial charge in [0.2, 0.25) is 0 Å². The van der Waals surface area contributed by atoms with Gasteiger partial charge >= 0.3 is 0 Å². The van der Waals surface area contributed by atoms with Crippen LogP contribution in [0.25, 0.3) is 0 Å².